The number of aromatic nitrogens is 2. The van der Waals surface area contributed by atoms with Crippen molar-refractivity contribution in [1.82, 2.24) is 15.5 Å². The number of H-pyrrole nitrogens is 1. The van der Waals surface area contributed by atoms with E-state index in [2.05, 4.69) is 21.6 Å². The first-order valence-electron chi connectivity index (χ1n) is 6.84. The number of allylic oxidation sites excluding steroid dienone is 1. The highest BCUT2D eigenvalue weighted by Crippen LogP contribution is 2.20. The van der Waals surface area contributed by atoms with Gasteiger partial charge in [0.25, 0.3) is 0 Å². The van der Waals surface area contributed by atoms with Gasteiger partial charge in [0.15, 0.2) is 0 Å². The zero-order valence-corrected chi connectivity index (χ0v) is 10.3. The fraction of sp³-hybridized carbons (Fsp3) is 0.643. The van der Waals surface area contributed by atoms with Crippen molar-refractivity contribution in [2.45, 2.75) is 51.0 Å². The van der Waals surface area contributed by atoms with Crippen LogP contribution in [0, 0.1) is 0 Å². The first-order valence-corrected chi connectivity index (χ1v) is 6.84. The molecule has 1 aromatic rings. The normalized spacial score (nSPS) is 24.2. The molecule has 1 heterocycles. The summed E-state index contributed by atoms with van der Waals surface area (Å²) in [6, 6.07) is 0.630. The van der Waals surface area contributed by atoms with Crippen LogP contribution in [0.1, 0.15) is 43.4 Å². The van der Waals surface area contributed by atoms with Crippen LogP contribution in [0.25, 0.3) is 0 Å². The molecule has 2 aliphatic carbocycles. The predicted molar refractivity (Wildman–Crippen MR) is 69.0 cm³/mol. The van der Waals surface area contributed by atoms with Crippen LogP contribution in [-0.4, -0.2) is 22.8 Å². The minimum atomic E-state index is 0.630. The van der Waals surface area contributed by atoms with E-state index in [-0.39, 0.29) is 0 Å². The molecule has 92 valence electrons. The molecule has 0 amide bonds. The van der Waals surface area contributed by atoms with Crippen molar-refractivity contribution in [1.29, 1.82) is 0 Å². The molecule has 3 rings (SSSR count). The fourth-order valence-electron chi connectivity index (χ4n) is 2.92. The summed E-state index contributed by atoms with van der Waals surface area (Å²) in [7, 11) is 0. The van der Waals surface area contributed by atoms with Gasteiger partial charge in [-0.2, -0.15) is 5.10 Å². The Morgan fingerprint density at radius 3 is 3.24 bits per heavy atom. The van der Waals surface area contributed by atoms with E-state index in [1.165, 1.54) is 49.8 Å². The van der Waals surface area contributed by atoms with Gasteiger partial charge in [-0.15, -0.1) is 0 Å². The zero-order chi connectivity index (χ0) is 11.5. The number of rotatable bonds is 3. The average Bonchev–Trinajstić information content (AvgIpc) is 2.85. The van der Waals surface area contributed by atoms with Crippen molar-refractivity contribution in [3.8, 4) is 0 Å². The smallest absolute Gasteiger partial charge is 0.0522 e. The SMILES string of the molecule is C1=C(CNC2CCc3cn[nH]c3C2)CCCC1. The first kappa shape index (κ1) is 11.0. The minimum absolute atomic E-state index is 0.630. The van der Waals surface area contributed by atoms with Gasteiger partial charge in [0.1, 0.15) is 0 Å². The van der Waals surface area contributed by atoms with Gasteiger partial charge in [0.05, 0.1) is 6.20 Å². The number of nitrogens with zero attached hydrogens (tertiary/aromatic N) is 1. The zero-order valence-electron chi connectivity index (χ0n) is 10.3. The highest BCUT2D eigenvalue weighted by Gasteiger charge is 2.19. The lowest BCUT2D eigenvalue weighted by molar-refractivity contribution is 0.465. The summed E-state index contributed by atoms with van der Waals surface area (Å²) in [4.78, 5) is 0. The summed E-state index contributed by atoms with van der Waals surface area (Å²) < 4.78 is 0. The second-order valence-corrected chi connectivity index (χ2v) is 5.30. The van der Waals surface area contributed by atoms with E-state index >= 15 is 0 Å². The molecule has 1 aromatic heterocycles. The molecule has 1 unspecified atom stereocenters. The molecule has 2 N–H and O–H groups in total. The predicted octanol–water partition coefficient (Wildman–Crippen LogP) is 2.36. The van der Waals surface area contributed by atoms with Crippen molar-refractivity contribution in [2.75, 3.05) is 6.54 Å². The Kier molecular flexibility index (Phi) is 3.27. The topological polar surface area (TPSA) is 40.7 Å². The van der Waals surface area contributed by atoms with Crippen LogP contribution in [0.2, 0.25) is 0 Å². The van der Waals surface area contributed by atoms with E-state index in [1.807, 2.05) is 6.20 Å². The molecule has 0 fully saturated rings. The van der Waals surface area contributed by atoms with Crippen LogP contribution in [-0.2, 0) is 12.8 Å². The van der Waals surface area contributed by atoms with Crippen LogP contribution in [0.15, 0.2) is 17.8 Å². The molecule has 0 aromatic carbocycles. The molecule has 0 aliphatic heterocycles. The van der Waals surface area contributed by atoms with E-state index < -0.39 is 0 Å². The number of nitrogens with one attached hydrogen (secondary N) is 2. The first-order chi connectivity index (χ1) is 8.42. The molecule has 0 spiro atoms. The van der Waals surface area contributed by atoms with Gasteiger partial charge in [-0.1, -0.05) is 11.6 Å². The van der Waals surface area contributed by atoms with E-state index in [4.69, 9.17) is 0 Å². The molecule has 0 saturated carbocycles. The molecule has 3 nitrogen and oxygen atoms in total. The maximum Gasteiger partial charge on any atom is 0.0522 e. The second-order valence-electron chi connectivity index (χ2n) is 5.30. The largest absolute Gasteiger partial charge is 0.310 e. The third kappa shape index (κ3) is 2.60. The van der Waals surface area contributed by atoms with Gasteiger partial charge in [-0.05, 0) is 44.1 Å². The Balaban J connectivity index is 1.52. The molecule has 1 atom stereocenters. The quantitative estimate of drug-likeness (QED) is 0.784. The summed E-state index contributed by atoms with van der Waals surface area (Å²) in [5.74, 6) is 0. The van der Waals surface area contributed by atoms with Crippen LogP contribution in [0.4, 0.5) is 0 Å². The molecular weight excluding hydrogens is 210 g/mol. The Bertz CT molecular complexity index is 405. The van der Waals surface area contributed by atoms with Gasteiger partial charge in [-0.25, -0.2) is 0 Å². The third-order valence-corrected chi connectivity index (χ3v) is 4.02. The van der Waals surface area contributed by atoms with Crippen molar-refractivity contribution in [3.05, 3.63) is 29.1 Å². The average molecular weight is 231 g/mol. The maximum atomic E-state index is 4.12. The van der Waals surface area contributed by atoms with Gasteiger partial charge >= 0.3 is 0 Å². The van der Waals surface area contributed by atoms with E-state index in [0.717, 1.165) is 13.0 Å². The second kappa shape index (κ2) is 5.05. The monoisotopic (exact) mass is 231 g/mol. The summed E-state index contributed by atoms with van der Waals surface area (Å²) in [6.07, 6.45) is 13.3. The number of aryl methyl sites for hydroxylation is 1. The van der Waals surface area contributed by atoms with Crippen molar-refractivity contribution < 1.29 is 0 Å². The summed E-state index contributed by atoms with van der Waals surface area (Å²) >= 11 is 0. The highest BCUT2D eigenvalue weighted by molar-refractivity contribution is 5.21. The number of fused-ring (bicyclic) bond motifs is 1. The third-order valence-electron chi connectivity index (χ3n) is 4.02. The number of hydrogen-bond acceptors (Lipinski definition) is 2. The standard InChI is InChI=1S/C14H21N3/c1-2-4-11(5-3-1)9-15-13-7-6-12-10-16-17-14(12)8-13/h4,10,13,15H,1-3,5-9H2,(H,16,17). The maximum absolute atomic E-state index is 4.12. The molecule has 0 bridgehead atoms. The molecule has 3 heteroatoms. The summed E-state index contributed by atoms with van der Waals surface area (Å²) in [5.41, 5.74) is 4.37. The highest BCUT2D eigenvalue weighted by atomic mass is 15.1. The van der Waals surface area contributed by atoms with Gasteiger partial charge in [-0.3, -0.25) is 5.10 Å². The molecule has 2 aliphatic rings. The van der Waals surface area contributed by atoms with Crippen LogP contribution in [0.5, 0.6) is 0 Å². The molecule has 0 radical (unpaired) electrons. The molecule has 17 heavy (non-hydrogen) atoms. The fourth-order valence-corrected chi connectivity index (χ4v) is 2.92. The lowest BCUT2D eigenvalue weighted by atomic mass is 9.93. The Morgan fingerprint density at radius 1 is 1.35 bits per heavy atom. The lowest BCUT2D eigenvalue weighted by Gasteiger charge is -2.24. The minimum Gasteiger partial charge on any atom is -0.310 e. The Morgan fingerprint density at radius 2 is 2.35 bits per heavy atom. The lowest BCUT2D eigenvalue weighted by Crippen LogP contribution is -2.35. The van der Waals surface area contributed by atoms with Crippen LogP contribution >= 0.6 is 0 Å². The van der Waals surface area contributed by atoms with Crippen LogP contribution < -0.4 is 5.32 Å². The van der Waals surface area contributed by atoms with Gasteiger partial charge in [0.2, 0.25) is 0 Å². The number of hydrogen-bond donors (Lipinski definition) is 2. The van der Waals surface area contributed by atoms with Crippen molar-refractivity contribution in [3.63, 3.8) is 0 Å². The summed E-state index contributed by atoms with van der Waals surface area (Å²) in [6.45, 7) is 1.09. The van der Waals surface area contributed by atoms with Gasteiger partial charge in [0, 0.05) is 24.7 Å². The van der Waals surface area contributed by atoms with Crippen molar-refractivity contribution >= 4 is 0 Å². The van der Waals surface area contributed by atoms with E-state index in [9.17, 15) is 0 Å². The molecule has 0 saturated heterocycles. The van der Waals surface area contributed by atoms with E-state index in [1.54, 1.807) is 5.57 Å². The number of aromatic amines is 1. The van der Waals surface area contributed by atoms with Crippen LogP contribution in [0.3, 0.4) is 0 Å². The molecular formula is C14H21N3. The Labute approximate surface area is 103 Å². The van der Waals surface area contributed by atoms with Gasteiger partial charge < -0.3 is 5.32 Å². The summed E-state index contributed by atoms with van der Waals surface area (Å²) in [5, 5.41) is 11.0. The van der Waals surface area contributed by atoms with E-state index in [0.29, 0.717) is 6.04 Å². The Hall–Kier alpha value is -1.09. The van der Waals surface area contributed by atoms with Crippen molar-refractivity contribution in [2.24, 2.45) is 0 Å².